The maximum atomic E-state index is 9.70. The number of phenolic OH excluding ortho intramolecular Hbond substituents is 1. The Morgan fingerprint density at radius 2 is 2.32 bits per heavy atom. The molecular formula is C16H23NOS. The summed E-state index contributed by atoms with van der Waals surface area (Å²) in [6, 6.07) is 6.28. The zero-order valence-corrected chi connectivity index (χ0v) is 12.4. The smallest absolute Gasteiger partial charge is 0.115 e. The number of benzene rings is 1. The predicted octanol–water partition coefficient (Wildman–Crippen LogP) is 3.64. The topological polar surface area (TPSA) is 32.3 Å². The second kappa shape index (κ2) is 5.37. The molecule has 2 unspecified atom stereocenters. The van der Waals surface area contributed by atoms with Gasteiger partial charge in [0.2, 0.25) is 0 Å². The summed E-state index contributed by atoms with van der Waals surface area (Å²) < 4.78 is 0.411. The van der Waals surface area contributed by atoms with Crippen LogP contribution < -0.4 is 5.32 Å². The number of thioether (sulfide) groups is 1. The van der Waals surface area contributed by atoms with Gasteiger partial charge in [-0.25, -0.2) is 0 Å². The number of hydrogen-bond acceptors (Lipinski definition) is 3. The van der Waals surface area contributed by atoms with Crippen LogP contribution in [-0.2, 0) is 6.42 Å². The molecule has 1 fully saturated rings. The van der Waals surface area contributed by atoms with Crippen LogP contribution in [0.4, 0.5) is 0 Å². The second-order valence-electron chi connectivity index (χ2n) is 6.11. The Kier molecular flexibility index (Phi) is 3.77. The predicted molar refractivity (Wildman–Crippen MR) is 81.9 cm³/mol. The molecule has 2 nitrogen and oxygen atoms in total. The molecule has 3 rings (SSSR count). The van der Waals surface area contributed by atoms with E-state index in [1.807, 2.05) is 12.1 Å². The molecule has 1 heterocycles. The molecule has 0 bridgehead atoms. The van der Waals surface area contributed by atoms with Crippen molar-refractivity contribution < 1.29 is 5.11 Å². The van der Waals surface area contributed by atoms with Crippen molar-refractivity contribution in [2.75, 3.05) is 12.3 Å². The van der Waals surface area contributed by atoms with Crippen molar-refractivity contribution in [1.29, 1.82) is 0 Å². The van der Waals surface area contributed by atoms with E-state index >= 15 is 0 Å². The summed E-state index contributed by atoms with van der Waals surface area (Å²) in [6.07, 6.45) is 6.27. The summed E-state index contributed by atoms with van der Waals surface area (Å²) in [4.78, 5) is 0. The van der Waals surface area contributed by atoms with Gasteiger partial charge in [-0.1, -0.05) is 6.07 Å². The summed E-state index contributed by atoms with van der Waals surface area (Å²) in [6.45, 7) is 3.46. The molecule has 1 saturated heterocycles. The summed E-state index contributed by atoms with van der Waals surface area (Å²) in [7, 11) is 0. The van der Waals surface area contributed by atoms with Crippen LogP contribution in [0.1, 0.15) is 49.8 Å². The molecule has 2 N–H and O–H groups in total. The Balaban J connectivity index is 1.71. The maximum Gasteiger partial charge on any atom is 0.115 e. The minimum atomic E-state index is 0.397. The van der Waals surface area contributed by atoms with Gasteiger partial charge in [-0.15, -0.1) is 0 Å². The van der Waals surface area contributed by atoms with E-state index in [0.717, 1.165) is 13.0 Å². The first-order valence-corrected chi connectivity index (χ1v) is 8.34. The van der Waals surface area contributed by atoms with Gasteiger partial charge in [-0.3, -0.25) is 0 Å². The maximum absolute atomic E-state index is 9.70. The molecule has 2 atom stereocenters. The molecule has 3 heteroatoms. The van der Waals surface area contributed by atoms with Crippen molar-refractivity contribution in [2.45, 2.75) is 49.8 Å². The van der Waals surface area contributed by atoms with Crippen LogP contribution in [0.15, 0.2) is 18.2 Å². The number of rotatable bonds is 3. The minimum absolute atomic E-state index is 0.397. The largest absolute Gasteiger partial charge is 0.508 e. The summed E-state index contributed by atoms with van der Waals surface area (Å²) in [5.41, 5.74) is 2.73. The van der Waals surface area contributed by atoms with Gasteiger partial charge in [-0.2, -0.15) is 11.8 Å². The Hall–Kier alpha value is -0.670. The molecular weight excluding hydrogens is 254 g/mol. The SMILES string of the molecule is CC1(CNC2CCCc3ccc(O)cc32)CCCS1. The van der Waals surface area contributed by atoms with Gasteiger partial charge in [-0.05, 0) is 68.0 Å². The summed E-state index contributed by atoms with van der Waals surface area (Å²) in [5, 5.41) is 13.5. The highest BCUT2D eigenvalue weighted by molar-refractivity contribution is 8.00. The Bertz CT molecular complexity index is 454. The first-order valence-electron chi connectivity index (χ1n) is 7.35. The second-order valence-corrected chi connectivity index (χ2v) is 7.79. The van der Waals surface area contributed by atoms with Crippen molar-refractivity contribution in [1.82, 2.24) is 5.32 Å². The highest BCUT2D eigenvalue weighted by Gasteiger charge is 2.30. The summed E-state index contributed by atoms with van der Waals surface area (Å²) >= 11 is 2.11. The third kappa shape index (κ3) is 2.92. The molecule has 1 aliphatic carbocycles. The van der Waals surface area contributed by atoms with Gasteiger partial charge in [0.05, 0.1) is 0 Å². The van der Waals surface area contributed by atoms with Gasteiger partial charge in [0.25, 0.3) is 0 Å². The Morgan fingerprint density at radius 1 is 1.42 bits per heavy atom. The van der Waals surface area contributed by atoms with Crippen molar-refractivity contribution in [2.24, 2.45) is 0 Å². The fraction of sp³-hybridized carbons (Fsp3) is 0.625. The highest BCUT2D eigenvalue weighted by atomic mass is 32.2. The van der Waals surface area contributed by atoms with E-state index in [0.29, 0.717) is 16.5 Å². The Morgan fingerprint density at radius 3 is 3.11 bits per heavy atom. The molecule has 104 valence electrons. The van der Waals surface area contributed by atoms with E-state index < -0.39 is 0 Å². The Labute approximate surface area is 120 Å². The lowest BCUT2D eigenvalue weighted by atomic mass is 9.87. The van der Waals surface area contributed by atoms with Crippen LogP contribution in [0, 0.1) is 0 Å². The van der Waals surface area contributed by atoms with E-state index in [9.17, 15) is 5.11 Å². The number of hydrogen-bond donors (Lipinski definition) is 2. The number of nitrogens with one attached hydrogen (secondary N) is 1. The number of aryl methyl sites for hydroxylation is 1. The van der Waals surface area contributed by atoms with Gasteiger partial charge in [0.15, 0.2) is 0 Å². The van der Waals surface area contributed by atoms with E-state index in [4.69, 9.17) is 0 Å². The molecule has 1 aromatic carbocycles. The van der Waals surface area contributed by atoms with E-state index in [1.54, 1.807) is 0 Å². The quantitative estimate of drug-likeness (QED) is 0.884. The molecule has 0 saturated carbocycles. The van der Waals surface area contributed by atoms with E-state index in [-0.39, 0.29) is 0 Å². The number of aromatic hydroxyl groups is 1. The zero-order valence-electron chi connectivity index (χ0n) is 11.6. The third-order valence-electron chi connectivity index (χ3n) is 4.47. The molecule has 0 spiro atoms. The number of fused-ring (bicyclic) bond motifs is 1. The fourth-order valence-corrected chi connectivity index (χ4v) is 4.57. The average Bonchev–Trinajstić information content (AvgIpc) is 2.84. The molecule has 1 aromatic rings. The van der Waals surface area contributed by atoms with Crippen LogP contribution in [0.5, 0.6) is 5.75 Å². The van der Waals surface area contributed by atoms with Crippen molar-refractivity contribution in [3.05, 3.63) is 29.3 Å². The zero-order chi connectivity index (χ0) is 13.3. The van der Waals surface area contributed by atoms with Crippen molar-refractivity contribution >= 4 is 11.8 Å². The molecule has 0 radical (unpaired) electrons. The molecule has 0 amide bonds. The lowest BCUT2D eigenvalue weighted by molar-refractivity contribution is 0.421. The van der Waals surface area contributed by atoms with Gasteiger partial charge in [0, 0.05) is 17.3 Å². The molecule has 19 heavy (non-hydrogen) atoms. The lowest BCUT2D eigenvalue weighted by Crippen LogP contribution is -2.36. The van der Waals surface area contributed by atoms with Gasteiger partial charge in [0.1, 0.15) is 5.75 Å². The molecule has 2 aliphatic rings. The monoisotopic (exact) mass is 277 g/mol. The summed E-state index contributed by atoms with van der Waals surface area (Å²) in [5.74, 6) is 1.70. The van der Waals surface area contributed by atoms with Gasteiger partial charge < -0.3 is 10.4 Å². The molecule has 1 aliphatic heterocycles. The van der Waals surface area contributed by atoms with E-state index in [2.05, 4.69) is 30.1 Å². The standard InChI is InChI=1S/C16H23NOS/c1-16(8-3-9-19-16)11-17-15-5-2-4-12-6-7-13(18)10-14(12)15/h6-7,10,15,17-18H,2-5,8-9,11H2,1H3. The van der Waals surface area contributed by atoms with Crippen LogP contribution in [0.3, 0.4) is 0 Å². The number of phenols is 1. The lowest BCUT2D eigenvalue weighted by Gasteiger charge is -2.31. The average molecular weight is 277 g/mol. The van der Waals surface area contributed by atoms with Crippen LogP contribution >= 0.6 is 11.8 Å². The van der Waals surface area contributed by atoms with Crippen molar-refractivity contribution in [3.63, 3.8) is 0 Å². The first kappa shape index (κ1) is 13.3. The minimum Gasteiger partial charge on any atom is -0.508 e. The highest BCUT2D eigenvalue weighted by Crippen LogP contribution is 2.38. The first-order chi connectivity index (χ1) is 9.16. The van der Waals surface area contributed by atoms with Crippen LogP contribution in [-0.4, -0.2) is 22.2 Å². The van der Waals surface area contributed by atoms with Crippen molar-refractivity contribution in [3.8, 4) is 5.75 Å². The van der Waals surface area contributed by atoms with Gasteiger partial charge >= 0.3 is 0 Å². The third-order valence-corrected chi connectivity index (χ3v) is 6.00. The fourth-order valence-electron chi connectivity index (χ4n) is 3.31. The normalized spacial score (nSPS) is 30.3. The molecule has 0 aromatic heterocycles. The van der Waals surface area contributed by atoms with E-state index in [1.165, 1.54) is 42.6 Å². The van der Waals surface area contributed by atoms with Crippen LogP contribution in [0.25, 0.3) is 0 Å². The van der Waals surface area contributed by atoms with Crippen LogP contribution in [0.2, 0.25) is 0 Å².